The Labute approximate surface area is 163 Å². The molecule has 2 aliphatic heterocycles. The van der Waals surface area contributed by atoms with Gasteiger partial charge in [0.25, 0.3) is 10.0 Å². The van der Waals surface area contributed by atoms with Crippen LogP contribution in [0.4, 0.5) is 0 Å². The van der Waals surface area contributed by atoms with E-state index in [4.69, 9.17) is 0 Å². The summed E-state index contributed by atoms with van der Waals surface area (Å²) >= 11 is 1.24. The van der Waals surface area contributed by atoms with E-state index in [2.05, 4.69) is 9.88 Å². The van der Waals surface area contributed by atoms with E-state index in [1.54, 1.807) is 29.9 Å². The van der Waals surface area contributed by atoms with Gasteiger partial charge in [-0.2, -0.15) is 4.31 Å². The average Bonchev–Trinajstić information content (AvgIpc) is 3.34. The minimum absolute atomic E-state index is 0.133. The number of sulfonamides is 1. The number of nitrogens with zero attached hydrogens (tertiary/aromatic N) is 4. The highest BCUT2D eigenvalue weighted by atomic mass is 32.2. The Morgan fingerprint density at radius 3 is 2.59 bits per heavy atom. The Morgan fingerprint density at radius 1 is 1.11 bits per heavy atom. The van der Waals surface area contributed by atoms with Gasteiger partial charge in [0.2, 0.25) is 5.91 Å². The van der Waals surface area contributed by atoms with Gasteiger partial charge in [-0.15, -0.1) is 11.3 Å². The molecule has 4 rings (SSSR count). The zero-order valence-corrected chi connectivity index (χ0v) is 16.5. The van der Waals surface area contributed by atoms with Crippen LogP contribution in [0.15, 0.2) is 46.2 Å². The highest BCUT2D eigenvalue weighted by molar-refractivity contribution is 7.91. The largest absolute Gasteiger partial charge is 0.337 e. The quantitative estimate of drug-likeness (QED) is 0.747. The first-order valence-electron chi connectivity index (χ1n) is 9.01. The summed E-state index contributed by atoms with van der Waals surface area (Å²) in [6, 6.07) is 7.10. The Morgan fingerprint density at radius 2 is 1.93 bits per heavy atom. The number of pyridine rings is 1. The summed E-state index contributed by atoms with van der Waals surface area (Å²) < 4.78 is 27.2. The first-order chi connectivity index (χ1) is 13.1. The van der Waals surface area contributed by atoms with Crippen molar-refractivity contribution in [2.45, 2.75) is 23.2 Å². The fourth-order valence-corrected chi connectivity index (χ4v) is 6.29. The van der Waals surface area contributed by atoms with Crippen LogP contribution in [-0.2, 0) is 21.4 Å². The topological polar surface area (TPSA) is 73.8 Å². The Balaban J connectivity index is 1.35. The van der Waals surface area contributed by atoms with Gasteiger partial charge in [0, 0.05) is 51.7 Å². The zero-order chi connectivity index (χ0) is 18.9. The first kappa shape index (κ1) is 18.5. The molecule has 4 heterocycles. The lowest BCUT2D eigenvalue weighted by Gasteiger charge is -2.36. The normalized spacial score (nSPS) is 22.4. The second-order valence-corrected chi connectivity index (χ2v) is 9.91. The van der Waals surface area contributed by atoms with Crippen LogP contribution in [0.25, 0.3) is 0 Å². The molecule has 2 aromatic rings. The molecule has 2 fully saturated rings. The molecule has 0 aliphatic carbocycles. The number of piperazine rings is 1. The summed E-state index contributed by atoms with van der Waals surface area (Å²) in [6.45, 7) is 3.32. The molecular formula is C18H22N4O3S2. The lowest BCUT2D eigenvalue weighted by Crippen LogP contribution is -2.53. The molecule has 0 radical (unpaired) electrons. The number of thiophene rings is 1. The summed E-state index contributed by atoms with van der Waals surface area (Å²) in [6.07, 6.45) is 4.30. The van der Waals surface area contributed by atoms with Crippen LogP contribution in [0.3, 0.4) is 0 Å². The SMILES string of the molecule is O=C1C(N2CCN(S(=O)(=O)c3cccs3)CC2)CCN1Cc1cccnc1. The summed E-state index contributed by atoms with van der Waals surface area (Å²) in [5.41, 5.74) is 1.03. The number of hydrogen-bond acceptors (Lipinski definition) is 6. The van der Waals surface area contributed by atoms with Crippen LogP contribution in [0.1, 0.15) is 12.0 Å². The predicted molar refractivity (Wildman–Crippen MR) is 103 cm³/mol. The molecule has 0 N–H and O–H groups in total. The molecule has 1 unspecified atom stereocenters. The fourth-order valence-electron chi connectivity index (χ4n) is 3.72. The van der Waals surface area contributed by atoms with E-state index in [9.17, 15) is 13.2 Å². The van der Waals surface area contributed by atoms with Gasteiger partial charge in [-0.1, -0.05) is 12.1 Å². The van der Waals surface area contributed by atoms with Crippen LogP contribution in [0.2, 0.25) is 0 Å². The van der Waals surface area contributed by atoms with E-state index in [0.717, 1.165) is 18.5 Å². The number of aromatic nitrogens is 1. The molecule has 2 aromatic heterocycles. The van der Waals surface area contributed by atoms with Crippen molar-refractivity contribution in [1.29, 1.82) is 0 Å². The summed E-state index contributed by atoms with van der Waals surface area (Å²) in [5.74, 6) is 0.133. The molecule has 2 aliphatic rings. The molecule has 0 aromatic carbocycles. The van der Waals surface area contributed by atoms with E-state index in [1.807, 2.05) is 17.0 Å². The molecule has 1 amide bonds. The number of amides is 1. The predicted octanol–water partition coefficient (Wildman–Crippen LogP) is 1.25. The second-order valence-electron chi connectivity index (χ2n) is 6.80. The smallest absolute Gasteiger partial charge is 0.252 e. The maximum Gasteiger partial charge on any atom is 0.252 e. The van der Waals surface area contributed by atoms with Crippen LogP contribution >= 0.6 is 11.3 Å². The van der Waals surface area contributed by atoms with E-state index in [0.29, 0.717) is 36.9 Å². The van der Waals surface area contributed by atoms with Gasteiger partial charge in [0.05, 0.1) is 6.04 Å². The highest BCUT2D eigenvalue weighted by Gasteiger charge is 2.38. The average molecular weight is 407 g/mol. The van der Waals surface area contributed by atoms with Crippen molar-refractivity contribution in [1.82, 2.24) is 19.1 Å². The number of likely N-dealkylation sites (tertiary alicyclic amines) is 1. The van der Waals surface area contributed by atoms with Crippen molar-refractivity contribution in [3.63, 3.8) is 0 Å². The van der Waals surface area contributed by atoms with Crippen molar-refractivity contribution in [3.05, 3.63) is 47.6 Å². The van der Waals surface area contributed by atoms with Gasteiger partial charge in [-0.25, -0.2) is 8.42 Å². The Kier molecular flexibility index (Phi) is 5.27. The number of carbonyl (C=O) groups is 1. The first-order valence-corrected chi connectivity index (χ1v) is 11.3. The van der Waals surface area contributed by atoms with Gasteiger partial charge >= 0.3 is 0 Å². The van der Waals surface area contributed by atoms with Crippen molar-refractivity contribution in [3.8, 4) is 0 Å². The molecule has 2 saturated heterocycles. The Bertz CT molecular complexity index is 879. The minimum Gasteiger partial charge on any atom is -0.337 e. The maximum absolute atomic E-state index is 12.8. The van der Waals surface area contributed by atoms with Crippen molar-refractivity contribution >= 4 is 27.3 Å². The van der Waals surface area contributed by atoms with E-state index in [-0.39, 0.29) is 11.9 Å². The van der Waals surface area contributed by atoms with Gasteiger partial charge in [-0.3, -0.25) is 14.7 Å². The van der Waals surface area contributed by atoms with Crippen LogP contribution in [-0.4, -0.2) is 72.2 Å². The van der Waals surface area contributed by atoms with E-state index < -0.39 is 10.0 Å². The lowest BCUT2D eigenvalue weighted by molar-refractivity contribution is -0.133. The third-order valence-electron chi connectivity index (χ3n) is 5.17. The second kappa shape index (κ2) is 7.67. The van der Waals surface area contributed by atoms with Crippen molar-refractivity contribution < 1.29 is 13.2 Å². The molecule has 0 spiro atoms. The van der Waals surface area contributed by atoms with Gasteiger partial charge in [0.1, 0.15) is 4.21 Å². The van der Waals surface area contributed by atoms with Gasteiger partial charge < -0.3 is 4.90 Å². The fraction of sp³-hybridized carbons (Fsp3) is 0.444. The van der Waals surface area contributed by atoms with Gasteiger partial charge in [-0.05, 0) is 29.5 Å². The highest BCUT2D eigenvalue weighted by Crippen LogP contribution is 2.25. The Hall–Kier alpha value is -1.81. The van der Waals surface area contributed by atoms with E-state index >= 15 is 0 Å². The zero-order valence-electron chi connectivity index (χ0n) is 14.9. The minimum atomic E-state index is -3.41. The monoisotopic (exact) mass is 406 g/mol. The third-order valence-corrected chi connectivity index (χ3v) is 8.44. The molecule has 1 atom stereocenters. The number of carbonyl (C=O) groups excluding carboxylic acids is 1. The molecule has 27 heavy (non-hydrogen) atoms. The van der Waals surface area contributed by atoms with Crippen LogP contribution in [0, 0.1) is 0 Å². The lowest BCUT2D eigenvalue weighted by atomic mass is 10.2. The molecule has 0 saturated carbocycles. The standard InChI is InChI=1S/C18H22N4O3S2/c23-18-16(5-7-21(18)14-15-3-1-6-19-13-15)20-8-10-22(11-9-20)27(24,25)17-4-2-12-26-17/h1-4,6,12-13,16H,5,7-11,14H2. The molecule has 9 heteroatoms. The third kappa shape index (κ3) is 3.77. The summed E-state index contributed by atoms with van der Waals surface area (Å²) in [5, 5.41) is 1.77. The van der Waals surface area contributed by atoms with Crippen LogP contribution in [0.5, 0.6) is 0 Å². The number of hydrogen-bond donors (Lipinski definition) is 0. The molecule has 0 bridgehead atoms. The maximum atomic E-state index is 12.8. The summed E-state index contributed by atoms with van der Waals surface area (Å²) in [4.78, 5) is 20.9. The van der Waals surface area contributed by atoms with Crippen LogP contribution < -0.4 is 0 Å². The van der Waals surface area contributed by atoms with E-state index in [1.165, 1.54) is 15.6 Å². The summed E-state index contributed by atoms with van der Waals surface area (Å²) in [7, 11) is -3.41. The van der Waals surface area contributed by atoms with Gasteiger partial charge in [0.15, 0.2) is 0 Å². The number of rotatable bonds is 5. The molecular weight excluding hydrogens is 384 g/mol. The molecule has 144 valence electrons. The molecule has 7 nitrogen and oxygen atoms in total. The van der Waals surface area contributed by atoms with Crippen molar-refractivity contribution in [2.75, 3.05) is 32.7 Å². The van der Waals surface area contributed by atoms with Crippen molar-refractivity contribution in [2.24, 2.45) is 0 Å².